The van der Waals surface area contributed by atoms with Gasteiger partial charge >= 0.3 is 32.7 Å². The van der Waals surface area contributed by atoms with Gasteiger partial charge in [-0.05, 0) is 67.5 Å². The number of aliphatic hydroxyl groups is 1. The summed E-state index contributed by atoms with van der Waals surface area (Å²) in [4.78, 5) is 0. The minimum Gasteiger partial charge on any atom is -0.665 e. The monoisotopic (exact) mass is 458 g/mol. The molecule has 2 rings (SSSR count). The van der Waals surface area contributed by atoms with Crippen LogP contribution < -0.4 is 9.47 Å². The fourth-order valence-electron chi connectivity index (χ4n) is 3.54. The molecule has 0 spiro atoms. The van der Waals surface area contributed by atoms with Crippen LogP contribution in [0.4, 0.5) is 0 Å². The Morgan fingerprint density at radius 2 is 1.29 bits per heavy atom. The van der Waals surface area contributed by atoms with E-state index in [0.717, 1.165) is 33.8 Å². The van der Waals surface area contributed by atoms with Gasteiger partial charge in [0.15, 0.2) is 0 Å². The third-order valence-electron chi connectivity index (χ3n) is 5.40. The van der Waals surface area contributed by atoms with Gasteiger partial charge in [-0.25, -0.2) is 0 Å². The third kappa shape index (κ3) is 5.37. The van der Waals surface area contributed by atoms with E-state index in [9.17, 15) is 5.11 Å². The largest absolute Gasteiger partial charge is 3.00 e. The second kappa shape index (κ2) is 10.2. The second-order valence-electron chi connectivity index (χ2n) is 8.02. The molecule has 1 N–H and O–H groups in total. The second-order valence-corrected chi connectivity index (χ2v) is 8.02. The summed E-state index contributed by atoms with van der Waals surface area (Å²) in [7, 11) is 3.56. The molecule has 0 aromatic heterocycles. The number of aryl methyl sites for hydroxylation is 4. The standard InChI is InChI=1S/C24H33O3.Y/c1-9-21(25)14-27-23-17(4)12-20(13-18(23)5)24(6,7)19-10-15(2)22(26-8)16(3)11-19;/h10-13,21,25H,8-9,14H2,1-7H3;/q-1;+3. The van der Waals surface area contributed by atoms with Crippen LogP contribution in [0.3, 0.4) is 0 Å². The Morgan fingerprint density at radius 3 is 1.64 bits per heavy atom. The van der Waals surface area contributed by atoms with E-state index in [1.807, 2.05) is 6.92 Å². The van der Waals surface area contributed by atoms with Crippen molar-refractivity contribution >= 4 is 0 Å². The molecule has 1 unspecified atom stereocenters. The van der Waals surface area contributed by atoms with Crippen molar-refractivity contribution in [2.45, 2.75) is 66.4 Å². The molecule has 0 amide bonds. The number of rotatable bonds is 7. The van der Waals surface area contributed by atoms with Gasteiger partial charge < -0.3 is 14.6 Å². The molecule has 28 heavy (non-hydrogen) atoms. The van der Waals surface area contributed by atoms with E-state index in [1.165, 1.54) is 11.1 Å². The van der Waals surface area contributed by atoms with Crippen molar-refractivity contribution in [1.29, 1.82) is 0 Å². The number of hydrogen-bond donors (Lipinski definition) is 1. The van der Waals surface area contributed by atoms with Crippen molar-refractivity contribution in [1.82, 2.24) is 0 Å². The first-order chi connectivity index (χ1) is 12.6. The van der Waals surface area contributed by atoms with Gasteiger partial charge in [0.05, 0.1) is 11.9 Å². The maximum Gasteiger partial charge on any atom is 3.00 e. The van der Waals surface area contributed by atoms with Gasteiger partial charge in [-0.2, -0.15) is 7.11 Å². The molecule has 0 aliphatic carbocycles. The quantitative estimate of drug-likeness (QED) is 0.552. The molecule has 2 aromatic carbocycles. The molecule has 148 valence electrons. The van der Waals surface area contributed by atoms with Crippen molar-refractivity contribution in [3.05, 3.63) is 64.8 Å². The Bertz CT molecular complexity index is 765. The van der Waals surface area contributed by atoms with Crippen molar-refractivity contribution in [3.8, 4) is 11.5 Å². The van der Waals surface area contributed by atoms with E-state index in [-0.39, 0.29) is 38.1 Å². The Morgan fingerprint density at radius 1 is 0.893 bits per heavy atom. The fraction of sp³-hybridized carbons (Fsp3) is 0.458. The molecule has 0 aliphatic rings. The number of ether oxygens (including phenoxy) is 2. The maximum atomic E-state index is 9.79. The zero-order valence-electron chi connectivity index (χ0n) is 18.3. The minimum atomic E-state index is -0.431. The van der Waals surface area contributed by atoms with Gasteiger partial charge in [0, 0.05) is 5.41 Å². The first kappa shape index (κ1) is 25.1. The normalized spacial score (nSPS) is 12.3. The summed E-state index contributed by atoms with van der Waals surface area (Å²) in [5, 5.41) is 9.79. The molecule has 0 heterocycles. The average Bonchev–Trinajstić information content (AvgIpc) is 2.60. The molecular formula is C24H33O3Y+2. The summed E-state index contributed by atoms with van der Waals surface area (Å²) in [6, 6.07) is 8.74. The third-order valence-corrected chi connectivity index (χ3v) is 5.40. The van der Waals surface area contributed by atoms with E-state index >= 15 is 0 Å². The molecule has 0 aliphatic heterocycles. The van der Waals surface area contributed by atoms with E-state index < -0.39 is 6.10 Å². The summed E-state index contributed by atoms with van der Waals surface area (Å²) < 4.78 is 11.2. The van der Waals surface area contributed by atoms with Crippen LogP contribution in [-0.2, 0) is 38.1 Å². The van der Waals surface area contributed by atoms with Gasteiger partial charge in [-0.1, -0.05) is 45.0 Å². The van der Waals surface area contributed by atoms with Crippen molar-refractivity contribution < 1.29 is 47.3 Å². The molecule has 3 nitrogen and oxygen atoms in total. The van der Waals surface area contributed by atoms with Gasteiger partial charge in [0.1, 0.15) is 12.4 Å². The molecule has 2 aromatic rings. The Kier molecular flexibility index (Phi) is 9.18. The number of benzene rings is 2. The van der Waals surface area contributed by atoms with Crippen LogP contribution in [0.2, 0.25) is 0 Å². The van der Waals surface area contributed by atoms with E-state index in [1.54, 1.807) is 0 Å². The zero-order chi connectivity index (χ0) is 20.4. The van der Waals surface area contributed by atoms with Crippen LogP contribution in [0.1, 0.15) is 60.6 Å². The van der Waals surface area contributed by atoms with E-state index in [0.29, 0.717) is 13.0 Å². The maximum absolute atomic E-state index is 9.79. The van der Waals surface area contributed by atoms with Gasteiger partial charge in [0.2, 0.25) is 0 Å². The van der Waals surface area contributed by atoms with Crippen LogP contribution in [0, 0.1) is 34.8 Å². The fourth-order valence-corrected chi connectivity index (χ4v) is 3.54. The molecule has 0 saturated heterocycles. The molecular weight excluding hydrogens is 425 g/mol. The molecule has 1 atom stereocenters. The van der Waals surface area contributed by atoms with Crippen LogP contribution in [0.15, 0.2) is 24.3 Å². The van der Waals surface area contributed by atoms with Crippen molar-refractivity contribution in [3.63, 3.8) is 0 Å². The Balaban J connectivity index is 0.00000392. The summed E-state index contributed by atoms with van der Waals surface area (Å²) in [6.07, 6.45) is 0.259. The SMILES string of the molecule is [CH2-]Oc1c(C)cc(C(C)(C)c2cc(C)c(OCC(O)CC)c(C)c2)cc1C.[Y+3]. The molecule has 4 heteroatoms. The van der Waals surface area contributed by atoms with Crippen LogP contribution in [0.25, 0.3) is 0 Å². The van der Waals surface area contributed by atoms with Crippen LogP contribution in [0.5, 0.6) is 11.5 Å². The van der Waals surface area contributed by atoms with Crippen LogP contribution in [-0.4, -0.2) is 17.8 Å². The molecule has 0 saturated carbocycles. The zero-order valence-corrected chi connectivity index (χ0v) is 21.2. The summed E-state index contributed by atoms with van der Waals surface area (Å²) in [5.41, 5.74) is 6.69. The molecule has 0 bridgehead atoms. The van der Waals surface area contributed by atoms with Gasteiger partial charge in [-0.3, -0.25) is 0 Å². The summed E-state index contributed by atoms with van der Waals surface area (Å²) >= 11 is 0. The van der Waals surface area contributed by atoms with Crippen molar-refractivity contribution in [2.24, 2.45) is 0 Å². The van der Waals surface area contributed by atoms with Gasteiger partial charge in [0.25, 0.3) is 0 Å². The van der Waals surface area contributed by atoms with E-state index in [2.05, 4.69) is 72.9 Å². The Hall–Kier alpha value is -0.896. The minimum absolute atomic E-state index is 0. The first-order valence-corrected chi connectivity index (χ1v) is 9.58. The molecule has 0 radical (unpaired) electrons. The topological polar surface area (TPSA) is 38.7 Å². The average molecular weight is 458 g/mol. The number of hydrogen-bond acceptors (Lipinski definition) is 3. The van der Waals surface area contributed by atoms with Crippen molar-refractivity contribution in [2.75, 3.05) is 6.61 Å². The molecule has 0 fully saturated rings. The number of aliphatic hydroxyl groups excluding tert-OH is 1. The predicted octanol–water partition coefficient (Wildman–Crippen LogP) is 5.56. The first-order valence-electron chi connectivity index (χ1n) is 9.58. The van der Waals surface area contributed by atoms with Crippen LogP contribution >= 0.6 is 0 Å². The Labute approximate surface area is 195 Å². The predicted molar refractivity (Wildman–Crippen MR) is 112 cm³/mol. The smallest absolute Gasteiger partial charge is 0.665 e. The summed E-state index contributed by atoms with van der Waals surface area (Å²) in [6.45, 7) is 15.0. The van der Waals surface area contributed by atoms with Gasteiger partial charge in [-0.15, -0.1) is 0 Å². The summed E-state index contributed by atoms with van der Waals surface area (Å²) in [5.74, 6) is 1.72. The van der Waals surface area contributed by atoms with E-state index in [4.69, 9.17) is 9.47 Å².